The first-order valence-electron chi connectivity index (χ1n) is 14.6. The molecule has 1 amide bonds. The number of piperidine rings is 1. The summed E-state index contributed by atoms with van der Waals surface area (Å²) in [6.45, 7) is 4.80. The summed E-state index contributed by atoms with van der Waals surface area (Å²) >= 11 is 9.19. The number of rotatable bonds is 7. The molecule has 3 aliphatic rings. The summed E-state index contributed by atoms with van der Waals surface area (Å²) in [6.07, 6.45) is 9.01. The first kappa shape index (κ1) is 29.2. The number of carbonyl (C=O) groups is 2. The molecule has 0 unspecified atom stereocenters. The van der Waals surface area contributed by atoms with E-state index in [1.54, 1.807) is 0 Å². The van der Waals surface area contributed by atoms with E-state index in [1.165, 1.54) is 67.0 Å². The van der Waals surface area contributed by atoms with Crippen molar-refractivity contribution in [2.75, 3.05) is 54.4 Å². The minimum atomic E-state index is -0.795. The summed E-state index contributed by atoms with van der Waals surface area (Å²) in [4.78, 5) is 41.5. The Hall–Kier alpha value is -2.93. The molecule has 0 spiro atoms. The van der Waals surface area contributed by atoms with Gasteiger partial charge in [-0.25, -0.2) is 9.97 Å². The van der Waals surface area contributed by atoms with Gasteiger partial charge >= 0.3 is 5.97 Å². The second-order valence-corrected chi connectivity index (χ2v) is 13.9. The Morgan fingerprint density at radius 3 is 2.33 bits per heavy atom. The van der Waals surface area contributed by atoms with Gasteiger partial charge in [-0.2, -0.15) is 0 Å². The van der Waals surface area contributed by atoms with Gasteiger partial charge in [0, 0.05) is 51.5 Å². The van der Waals surface area contributed by atoms with Crippen LogP contribution in [0.3, 0.4) is 0 Å². The van der Waals surface area contributed by atoms with Gasteiger partial charge < -0.3 is 20.0 Å². The lowest BCUT2D eigenvalue weighted by molar-refractivity contribution is -0.142. The number of aromatic hydroxyl groups is 1. The molecule has 13 heteroatoms. The quantitative estimate of drug-likeness (QED) is 0.305. The minimum Gasteiger partial charge on any atom is -0.504 e. The highest BCUT2D eigenvalue weighted by molar-refractivity contribution is 7.22. The number of carbonyl (C=O) groups excluding carboxylic acids is 1. The first-order chi connectivity index (χ1) is 20.4. The number of hydrogen-bond donors (Lipinski definition) is 3. The number of nitrogens with zero attached hydrogens (tertiary/aromatic N) is 5. The average molecular weight is 631 g/mol. The van der Waals surface area contributed by atoms with E-state index < -0.39 is 11.9 Å². The molecule has 6 rings (SSSR count). The van der Waals surface area contributed by atoms with Crippen molar-refractivity contribution in [1.29, 1.82) is 0 Å². The fourth-order valence-corrected chi connectivity index (χ4v) is 8.37. The number of thiazole rings is 1. The number of halogens is 1. The summed E-state index contributed by atoms with van der Waals surface area (Å²) in [7, 11) is 0. The van der Waals surface area contributed by atoms with E-state index in [2.05, 4.69) is 20.1 Å². The van der Waals surface area contributed by atoms with Crippen molar-refractivity contribution < 1.29 is 19.8 Å². The highest BCUT2D eigenvalue weighted by atomic mass is 35.5. The van der Waals surface area contributed by atoms with Gasteiger partial charge in [0.2, 0.25) is 0 Å². The summed E-state index contributed by atoms with van der Waals surface area (Å²) < 4.78 is 0.686. The minimum absolute atomic E-state index is 0.110. The average Bonchev–Trinajstić information content (AvgIpc) is 3.63. The van der Waals surface area contributed by atoms with Crippen LogP contribution < -0.4 is 15.1 Å². The summed E-state index contributed by atoms with van der Waals surface area (Å²) in [5, 5.41) is 24.3. The van der Waals surface area contributed by atoms with Crippen LogP contribution in [-0.2, 0) is 4.79 Å². The Labute approximate surface area is 257 Å². The molecule has 1 saturated carbocycles. The number of aromatic nitrogens is 2. The highest BCUT2D eigenvalue weighted by Gasteiger charge is 2.29. The van der Waals surface area contributed by atoms with Crippen LogP contribution in [0.2, 0.25) is 4.34 Å². The van der Waals surface area contributed by atoms with E-state index in [1.807, 2.05) is 17.0 Å². The van der Waals surface area contributed by atoms with Gasteiger partial charge in [-0.05, 0) is 43.9 Å². The third-order valence-corrected chi connectivity index (χ3v) is 10.9. The number of thiophene rings is 1. The first-order valence-corrected chi connectivity index (χ1v) is 16.6. The molecule has 2 aliphatic heterocycles. The van der Waals surface area contributed by atoms with E-state index in [4.69, 9.17) is 16.6 Å². The van der Waals surface area contributed by atoms with E-state index in [0.717, 1.165) is 41.8 Å². The molecule has 0 radical (unpaired) electrons. The van der Waals surface area contributed by atoms with Crippen molar-refractivity contribution >= 4 is 62.1 Å². The van der Waals surface area contributed by atoms with Crippen LogP contribution in [0.15, 0.2) is 24.4 Å². The third-order valence-electron chi connectivity index (χ3n) is 8.58. The number of carboxylic acids is 1. The highest BCUT2D eigenvalue weighted by Crippen LogP contribution is 2.43. The van der Waals surface area contributed by atoms with Crippen molar-refractivity contribution in [3.8, 4) is 16.3 Å². The maximum Gasteiger partial charge on any atom is 0.306 e. The lowest BCUT2D eigenvalue weighted by Gasteiger charge is -2.41. The molecule has 3 N–H and O–H groups in total. The Morgan fingerprint density at radius 2 is 1.69 bits per heavy atom. The molecule has 3 fully saturated rings. The fourth-order valence-electron chi connectivity index (χ4n) is 6.24. The molecule has 0 atom stereocenters. The molecule has 0 bridgehead atoms. The number of carboxylic acid groups (broad SMARTS) is 1. The number of nitrogens with one attached hydrogen (secondary N) is 1. The monoisotopic (exact) mass is 630 g/mol. The van der Waals surface area contributed by atoms with E-state index in [-0.39, 0.29) is 17.2 Å². The number of aliphatic carboxylic acids is 1. The molecule has 42 heavy (non-hydrogen) atoms. The van der Waals surface area contributed by atoms with Gasteiger partial charge in [0.05, 0.1) is 20.7 Å². The molecule has 0 aromatic carbocycles. The smallest absolute Gasteiger partial charge is 0.306 e. The van der Waals surface area contributed by atoms with Crippen LogP contribution in [0, 0.1) is 5.92 Å². The van der Waals surface area contributed by atoms with Gasteiger partial charge in [0.15, 0.2) is 16.7 Å². The topological polar surface area (TPSA) is 122 Å². The van der Waals surface area contributed by atoms with Crippen molar-refractivity contribution in [1.82, 2.24) is 14.9 Å². The molecule has 224 valence electrons. The SMILES string of the molecule is O=C(Nc1nc(-c2ccc(Cl)s2)c(N2CCN(C3CCCCC3)CC2)s1)c1cnc(N2CCC(C(=O)O)CC2)c(O)c1. The Balaban J connectivity index is 1.16. The van der Waals surface area contributed by atoms with Crippen molar-refractivity contribution in [2.24, 2.45) is 5.92 Å². The van der Waals surface area contributed by atoms with E-state index >= 15 is 0 Å². The van der Waals surface area contributed by atoms with Crippen LogP contribution in [0.25, 0.3) is 10.6 Å². The van der Waals surface area contributed by atoms with Gasteiger partial charge in [-0.1, -0.05) is 42.2 Å². The molecule has 10 nitrogen and oxygen atoms in total. The standard InChI is InChI=1S/C29H35ClN6O4S2/c30-23-7-6-22(41-23)24-27(36-14-12-34(13-15-36)20-4-2-1-3-5-20)42-29(32-24)33-26(38)19-16-21(37)25(31-17-19)35-10-8-18(9-11-35)28(39)40/h6-7,16-18,20,37H,1-5,8-15H2,(H,39,40)(H,32,33,38). The Kier molecular flexibility index (Phi) is 8.85. The molecule has 3 aromatic heterocycles. The van der Waals surface area contributed by atoms with Gasteiger partial charge in [0.1, 0.15) is 10.7 Å². The maximum absolute atomic E-state index is 13.2. The van der Waals surface area contributed by atoms with Crippen molar-refractivity contribution in [3.05, 3.63) is 34.3 Å². The molecule has 2 saturated heterocycles. The lowest BCUT2D eigenvalue weighted by atomic mass is 9.94. The van der Waals surface area contributed by atoms with Gasteiger partial charge in [-0.3, -0.25) is 19.8 Å². The zero-order valence-corrected chi connectivity index (χ0v) is 25.7. The summed E-state index contributed by atoms with van der Waals surface area (Å²) in [5.41, 5.74) is 1.04. The predicted octanol–water partition coefficient (Wildman–Crippen LogP) is 5.63. The Bertz CT molecular complexity index is 1430. The lowest BCUT2D eigenvalue weighted by Crippen LogP contribution is -2.50. The number of anilines is 3. The van der Waals surface area contributed by atoms with E-state index in [0.29, 0.717) is 47.3 Å². The molecular weight excluding hydrogens is 596 g/mol. The fraction of sp³-hybridized carbons (Fsp3) is 0.517. The molecule has 1 aliphatic carbocycles. The Morgan fingerprint density at radius 1 is 0.952 bits per heavy atom. The van der Waals surface area contributed by atoms with Crippen LogP contribution in [0.1, 0.15) is 55.3 Å². The molecule has 3 aromatic rings. The van der Waals surface area contributed by atoms with E-state index in [9.17, 15) is 19.8 Å². The van der Waals surface area contributed by atoms with Crippen LogP contribution in [0.4, 0.5) is 16.0 Å². The van der Waals surface area contributed by atoms with Crippen LogP contribution >= 0.6 is 34.3 Å². The van der Waals surface area contributed by atoms with Crippen molar-refractivity contribution in [3.63, 3.8) is 0 Å². The van der Waals surface area contributed by atoms with Gasteiger partial charge in [0.25, 0.3) is 5.91 Å². The number of hydrogen-bond acceptors (Lipinski definition) is 10. The second-order valence-electron chi connectivity index (χ2n) is 11.2. The predicted molar refractivity (Wildman–Crippen MR) is 168 cm³/mol. The molecular formula is C29H35ClN6O4S2. The summed E-state index contributed by atoms with van der Waals surface area (Å²) in [5.74, 6) is -1.34. The molecule has 5 heterocycles. The van der Waals surface area contributed by atoms with Gasteiger partial charge in [-0.15, -0.1) is 11.3 Å². The van der Waals surface area contributed by atoms with Crippen LogP contribution in [0.5, 0.6) is 5.75 Å². The number of piperazine rings is 1. The number of amides is 1. The summed E-state index contributed by atoms with van der Waals surface area (Å²) in [6, 6.07) is 5.93. The van der Waals surface area contributed by atoms with Crippen LogP contribution in [-0.4, -0.2) is 82.3 Å². The normalized spacial score (nSPS) is 19.3. The second kappa shape index (κ2) is 12.7. The number of pyridine rings is 1. The maximum atomic E-state index is 13.2. The zero-order valence-electron chi connectivity index (χ0n) is 23.3. The van der Waals surface area contributed by atoms with Crippen molar-refractivity contribution in [2.45, 2.75) is 51.0 Å². The zero-order chi connectivity index (χ0) is 29.2. The third kappa shape index (κ3) is 6.36. The largest absolute Gasteiger partial charge is 0.504 e.